The number of hydrogen-bond acceptors (Lipinski definition) is 1. The summed E-state index contributed by atoms with van der Waals surface area (Å²) < 4.78 is 143. The van der Waals surface area contributed by atoms with Crippen LogP contribution in [-0.4, -0.2) is 35.2 Å². The van der Waals surface area contributed by atoms with E-state index in [2.05, 4.69) is 0 Å². The summed E-state index contributed by atoms with van der Waals surface area (Å²) in [7, 11) is 0. The molecule has 0 aromatic carbocycles. The van der Waals surface area contributed by atoms with Crippen LogP contribution >= 0.6 is 11.8 Å². The van der Waals surface area contributed by atoms with Crippen LogP contribution in [0.2, 0.25) is 0 Å². The molecule has 0 unspecified atom stereocenters. The summed E-state index contributed by atoms with van der Waals surface area (Å²) in [5.74, 6) is 0. The van der Waals surface area contributed by atoms with Gasteiger partial charge >= 0.3 is 24.7 Å². The van der Waals surface area contributed by atoms with Crippen molar-refractivity contribution in [1.82, 2.24) is 0 Å². The summed E-state index contributed by atoms with van der Waals surface area (Å²) in [4.78, 5) is 0. The monoisotopic (exact) mass is 334 g/mol. The molecule has 0 nitrogen and oxygen atoms in total. The van der Waals surface area contributed by atoms with Crippen molar-refractivity contribution < 1.29 is 52.7 Å². The van der Waals surface area contributed by atoms with E-state index >= 15 is 0 Å². The average molecular weight is 334 g/mol. The van der Waals surface area contributed by atoms with E-state index in [1.165, 1.54) is 0 Å². The first-order chi connectivity index (χ1) is 7.97. The molecule has 0 bridgehead atoms. The van der Waals surface area contributed by atoms with Gasteiger partial charge in [0.05, 0.1) is 0 Å². The van der Waals surface area contributed by atoms with Crippen LogP contribution in [0.25, 0.3) is 0 Å². The second-order valence-corrected chi connectivity index (χ2v) is 4.28. The Balaban J connectivity index is 5.43. The number of halogens is 12. The van der Waals surface area contributed by atoms with Crippen LogP contribution in [0.3, 0.4) is 0 Å². The largest absolute Gasteiger partial charge is 0.409 e. The zero-order valence-electron chi connectivity index (χ0n) is 8.10. The predicted octanol–water partition coefficient (Wildman–Crippen LogP) is 4.71. The van der Waals surface area contributed by atoms with Crippen LogP contribution in [-0.2, 0) is 0 Å². The summed E-state index contributed by atoms with van der Waals surface area (Å²) >= 11 is -2.28. The standard InChI is InChI=1S/C6H2F12S/c7-3(8,9)1(4(10,11)12)19-2(5(13,14)15)6(16,17)18/h1-2H. The van der Waals surface area contributed by atoms with Gasteiger partial charge in [-0.1, -0.05) is 0 Å². The van der Waals surface area contributed by atoms with Gasteiger partial charge in [-0.3, -0.25) is 0 Å². The summed E-state index contributed by atoms with van der Waals surface area (Å²) in [5, 5.41) is -9.57. The molecule has 13 heteroatoms. The molecule has 0 aliphatic heterocycles. The summed E-state index contributed by atoms with van der Waals surface area (Å²) in [6.07, 6.45) is -25.2. The summed E-state index contributed by atoms with van der Waals surface area (Å²) in [6.45, 7) is 0. The second-order valence-electron chi connectivity index (χ2n) is 3.06. The molecule has 0 heterocycles. The lowest BCUT2D eigenvalue weighted by Crippen LogP contribution is -2.47. The van der Waals surface area contributed by atoms with Crippen LogP contribution in [0.5, 0.6) is 0 Å². The van der Waals surface area contributed by atoms with Crippen molar-refractivity contribution in [3.05, 3.63) is 0 Å². The first-order valence-electron chi connectivity index (χ1n) is 3.89. The molecule has 0 aliphatic rings. The van der Waals surface area contributed by atoms with Crippen molar-refractivity contribution in [1.29, 1.82) is 0 Å². The minimum absolute atomic E-state index is 2.28. The molecule has 0 saturated carbocycles. The van der Waals surface area contributed by atoms with E-state index in [1.807, 2.05) is 0 Å². The normalized spacial score (nSPS) is 15.5. The van der Waals surface area contributed by atoms with E-state index in [9.17, 15) is 52.7 Å². The molecule has 0 atom stereocenters. The lowest BCUT2D eigenvalue weighted by atomic mass is 10.4. The summed E-state index contributed by atoms with van der Waals surface area (Å²) in [5.41, 5.74) is 0. The van der Waals surface area contributed by atoms with Gasteiger partial charge in [-0.15, -0.1) is 11.8 Å². The van der Waals surface area contributed by atoms with Crippen LogP contribution in [0.15, 0.2) is 0 Å². The maximum absolute atomic E-state index is 11.9. The molecule has 19 heavy (non-hydrogen) atoms. The smallest absolute Gasteiger partial charge is 0.169 e. The Morgan fingerprint density at radius 2 is 0.579 bits per heavy atom. The van der Waals surface area contributed by atoms with E-state index in [1.54, 1.807) is 0 Å². The molecule has 116 valence electrons. The topological polar surface area (TPSA) is 0 Å². The quantitative estimate of drug-likeness (QED) is 0.660. The molecular weight excluding hydrogens is 332 g/mol. The number of alkyl halides is 12. The van der Waals surface area contributed by atoms with Crippen LogP contribution < -0.4 is 0 Å². The van der Waals surface area contributed by atoms with Gasteiger partial charge in [0, 0.05) is 0 Å². The van der Waals surface area contributed by atoms with Gasteiger partial charge in [0.25, 0.3) is 0 Å². The fraction of sp³-hybridized carbons (Fsp3) is 1.00. The van der Waals surface area contributed by atoms with Gasteiger partial charge in [-0.2, -0.15) is 52.7 Å². The number of thioether (sulfide) groups is 1. The molecule has 0 amide bonds. The third kappa shape index (κ3) is 5.57. The zero-order valence-corrected chi connectivity index (χ0v) is 8.92. The molecule has 0 rings (SSSR count). The highest BCUT2D eigenvalue weighted by atomic mass is 32.2. The molecular formula is C6H2F12S. The lowest BCUT2D eigenvalue weighted by molar-refractivity contribution is -0.233. The minimum atomic E-state index is -6.29. The van der Waals surface area contributed by atoms with Gasteiger partial charge < -0.3 is 0 Å². The molecule has 0 saturated heterocycles. The first kappa shape index (κ1) is 18.5. The molecule has 0 aromatic rings. The van der Waals surface area contributed by atoms with E-state index in [-0.39, 0.29) is 0 Å². The van der Waals surface area contributed by atoms with Crippen molar-refractivity contribution >= 4 is 11.8 Å². The lowest BCUT2D eigenvalue weighted by Gasteiger charge is -2.29. The van der Waals surface area contributed by atoms with Gasteiger partial charge in [0.2, 0.25) is 0 Å². The van der Waals surface area contributed by atoms with Gasteiger partial charge in [-0.25, -0.2) is 0 Å². The highest BCUT2D eigenvalue weighted by molar-refractivity contribution is 8.00. The molecule has 0 aliphatic carbocycles. The van der Waals surface area contributed by atoms with Crippen molar-refractivity contribution in [2.24, 2.45) is 0 Å². The average Bonchev–Trinajstić information content (AvgIpc) is 1.91. The zero-order chi connectivity index (χ0) is 15.9. The highest BCUT2D eigenvalue weighted by Crippen LogP contribution is 2.50. The van der Waals surface area contributed by atoms with Crippen molar-refractivity contribution in [3.8, 4) is 0 Å². The van der Waals surface area contributed by atoms with E-state index in [4.69, 9.17) is 0 Å². The first-order valence-corrected chi connectivity index (χ1v) is 4.84. The second kappa shape index (κ2) is 5.13. The Labute approximate surface area is 101 Å². The minimum Gasteiger partial charge on any atom is -0.169 e. The third-order valence-corrected chi connectivity index (χ3v) is 3.07. The maximum atomic E-state index is 11.9. The highest BCUT2D eigenvalue weighted by Gasteiger charge is 2.65. The van der Waals surface area contributed by atoms with Gasteiger partial charge in [0.15, 0.2) is 10.5 Å². The Kier molecular flexibility index (Phi) is 5.00. The molecule has 0 radical (unpaired) electrons. The fourth-order valence-electron chi connectivity index (χ4n) is 0.816. The van der Waals surface area contributed by atoms with Crippen molar-refractivity contribution in [2.75, 3.05) is 0 Å². The van der Waals surface area contributed by atoms with Crippen LogP contribution in [0.4, 0.5) is 52.7 Å². The fourth-order valence-corrected chi connectivity index (χ4v) is 1.71. The van der Waals surface area contributed by atoms with E-state index in [0.29, 0.717) is 0 Å². The summed E-state index contributed by atoms with van der Waals surface area (Å²) in [6, 6.07) is 0. The van der Waals surface area contributed by atoms with Crippen LogP contribution in [0, 0.1) is 0 Å². The SMILES string of the molecule is FC(F)(F)C(SC(C(F)(F)F)C(F)(F)F)C(F)(F)F. The Bertz CT molecular complexity index is 233. The van der Waals surface area contributed by atoms with E-state index in [0.717, 1.165) is 0 Å². The van der Waals surface area contributed by atoms with Crippen molar-refractivity contribution in [3.63, 3.8) is 0 Å². The molecule has 0 N–H and O–H groups in total. The Hall–Kier alpha value is -0.490. The van der Waals surface area contributed by atoms with Gasteiger partial charge in [-0.05, 0) is 0 Å². The van der Waals surface area contributed by atoms with Gasteiger partial charge in [0.1, 0.15) is 0 Å². The number of rotatable bonds is 2. The molecule has 0 aromatic heterocycles. The predicted molar refractivity (Wildman–Crippen MR) is 39.4 cm³/mol. The molecule has 0 spiro atoms. The van der Waals surface area contributed by atoms with Crippen molar-refractivity contribution in [2.45, 2.75) is 35.2 Å². The Morgan fingerprint density at radius 1 is 0.421 bits per heavy atom. The Morgan fingerprint density at radius 3 is 0.684 bits per heavy atom. The third-order valence-electron chi connectivity index (χ3n) is 1.46. The maximum Gasteiger partial charge on any atom is 0.409 e. The van der Waals surface area contributed by atoms with Crippen LogP contribution in [0.1, 0.15) is 0 Å². The van der Waals surface area contributed by atoms with E-state index < -0.39 is 47.0 Å². The molecule has 0 fully saturated rings. The number of hydrogen-bond donors (Lipinski definition) is 0.